The number of rotatable bonds is 8. The molecule has 0 radical (unpaired) electrons. The highest BCUT2D eigenvalue weighted by Gasteiger charge is 2.34. The number of carbonyl (C=O) groups is 1. The van der Waals surface area contributed by atoms with Crippen molar-refractivity contribution in [3.8, 4) is 0 Å². The third-order valence-electron chi connectivity index (χ3n) is 6.47. The van der Waals surface area contributed by atoms with Gasteiger partial charge in [-0.1, -0.05) is 48.5 Å². The highest BCUT2D eigenvalue weighted by atomic mass is 16.2. The Hall–Kier alpha value is -2.43. The Bertz CT molecular complexity index is 862. The van der Waals surface area contributed by atoms with Crippen LogP contribution in [0.1, 0.15) is 55.2 Å². The van der Waals surface area contributed by atoms with E-state index < -0.39 is 0 Å². The summed E-state index contributed by atoms with van der Waals surface area (Å²) in [4.78, 5) is 20.0. The van der Waals surface area contributed by atoms with E-state index in [0.717, 1.165) is 38.3 Å². The first-order valence-corrected chi connectivity index (χ1v) is 11.5. The second-order valence-corrected chi connectivity index (χ2v) is 8.55. The van der Waals surface area contributed by atoms with Crippen LogP contribution >= 0.6 is 0 Å². The van der Waals surface area contributed by atoms with E-state index in [2.05, 4.69) is 72.7 Å². The Balaban J connectivity index is 1.99. The van der Waals surface area contributed by atoms with Crippen LogP contribution in [0.3, 0.4) is 0 Å². The van der Waals surface area contributed by atoms with Crippen molar-refractivity contribution in [3.63, 3.8) is 0 Å². The molecule has 0 unspecified atom stereocenters. The molecule has 3 atom stereocenters. The Morgan fingerprint density at radius 3 is 2.35 bits per heavy atom. The average molecular weight is 420 g/mol. The Labute approximate surface area is 188 Å². The van der Waals surface area contributed by atoms with Crippen LogP contribution in [0.15, 0.2) is 67.3 Å². The lowest BCUT2D eigenvalue weighted by Gasteiger charge is -2.47. The Morgan fingerprint density at radius 2 is 1.71 bits per heavy atom. The number of nitrogens with zero attached hydrogens (tertiary/aromatic N) is 3. The van der Waals surface area contributed by atoms with Gasteiger partial charge in [0.1, 0.15) is 0 Å². The maximum absolute atomic E-state index is 13.0. The molecular formula is C27H37N3O. The fraction of sp³-hybridized carbons (Fsp3) is 0.444. The fourth-order valence-corrected chi connectivity index (χ4v) is 4.75. The first kappa shape index (κ1) is 23.2. The van der Waals surface area contributed by atoms with Crippen molar-refractivity contribution in [3.05, 3.63) is 83.9 Å². The lowest BCUT2D eigenvalue weighted by molar-refractivity contribution is 0.0306. The van der Waals surface area contributed by atoms with Gasteiger partial charge in [0.2, 0.25) is 0 Å². The lowest BCUT2D eigenvalue weighted by Crippen LogP contribution is -2.57. The lowest BCUT2D eigenvalue weighted by atomic mass is 9.92. The summed E-state index contributed by atoms with van der Waals surface area (Å²) < 4.78 is 0. The minimum atomic E-state index is 0.107. The summed E-state index contributed by atoms with van der Waals surface area (Å²) in [6, 6.07) is 19.9. The molecule has 3 rings (SSSR count). The quantitative estimate of drug-likeness (QED) is 0.573. The van der Waals surface area contributed by atoms with Crippen molar-refractivity contribution in [2.45, 2.75) is 45.8 Å². The highest BCUT2D eigenvalue weighted by molar-refractivity contribution is 5.94. The third-order valence-corrected chi connectivity index (χ3v) is 6.47. The van der Waals surface area contributed by atoms with Crippen LogP contribution in [0.5, 0.6) is 0 Å². The van der Waals surface area contributed by atoms with E-state index in [1.165, 1.54) is 11.1 Å². The highest BCUT2D eigenvalue weighted by Crippen LogP contribution is 2.33. The van der Waals surface area contributed by atoms with Gasteiger partial charge in [0.15, 0.2) is 0 Å². The number of carbonyl (C=O) groups excluding carboxylic acids is 1. The Morgan fingerprint density at radius 1 is 1.03 bits per heavy atom. The van der Waals surface area contributed by atoms with Crippen molar-refractivity contribution in [1.82, 2.24) is 14.7 Å². The van der Waals surface area contributed by atoms with Crippen LogP contribution in [0.2, 0.25) is 0 Å². The van der Waals surface area contributed by atoms with Gasteiger partial charge in [0.25, 0.3) is 5.91 Å². The zero-order chi connectivity index (χ0) is 22.4. The predicted octanol–water partition coefficient (Wildman–Crippen LogP) is 4.84. The van der Waals surface area contributed by atoms with Crippen molar-refractivity contribution in [1.29, 1.82) is 0 Å². The van der Waals surface area contributed by atoms with Gasteiger partial charge in [0.05, 0.1) is 6.04 Å². The molecule has 2 aromatic carbocycles. The number of hydrogen-bond donors (Lipinski definition) is 0. The molecule has 0 N–H and O–H groups in total. The summed E-state index contributed by atoms with van der Waals surface area (Å²) in [5, 5.41) is 0. The molecule has 0 aromatic heterocycles. The molecule has 0 aliphatic carbocycles. The molecule has 166 valence electrons. The van der Waals surface area contributed by atoms with Gasteiger partial charge in [-0.15, -0.1) is 6.58 Å². The van der Waals surface area contributed by atoms with E-state index in [1.807, 2.05) is 37.0 Å². The van der Waals surface area contributed by atoms with E-state index in [0.29, 0.717) is 12.1 Å². The molecule has 1 heterocycles. The molecule has 4 heteroatoms. The maximum Gasteiger partial charge on any atom is 0.253 e. The van der Waals surface area contributed by atoms with Crippen LogP contribution in [-0.4, -0.2) is 65.4 Å². The third kappa shape index (κ3) is 5.25. The van der Waals surface area contributed by atoms with Gasteiger partial charge in [-0.2, -0.15) is 0 Å². The maximum atomic E-state index is 13.0. The molecular weight excluding hydrogens is 382 g/mol. The van der Waals surface area contributed by atoms with E-state index in [-0.39, 0.29) is 11.9 Å². The number of piperazine rings is 1. The van der Waals surface area contributed by atoms with Crippen LogP contribution < -0.4 is 0 Å². The fourth-order valence-electron chi connectivity index (χ4n) is 4.75. The van der Waals surface area contributed by atoms with Crippen LogP contribution in [0.4, 0.5) is 0 Å². The van der Waals surface area contributed by atoms with Gasteiger partial charge >= 0.3 is 0 Å². The summed E-state index contributed by atoms with van der Waals surface area (Å²) in [5.74, 6) is 0.107. The van der Waals surface area contributed by atoms with Crippen molar-refractivity contribution >= 4 is 5.91 Å². The topological polar surface area (TPSA) is 26.8 Å². The molecule has 4 nitrogen and oxygen atoms in total. The summed E-state index contributed by atoms with van der Waals surface area (Å²) >= 11 is 0. The molecule has 2 aromatic rings. The predicted molar refractivity (Wildman–Crippen MR) is 129 cm³/mol. The van der Waals surface area contributed by atoms with Gasteiger partial charge in [-0.05, 0) is 51.0 Å². The molecule has 1 saturated heterocycles. The second-order valence-electron chi connectivity index (χ2n) is 8.55. The molecule has 1 aliphatic rings. The molecule has 31 heavy (non-hydrogen) atoms. The molecule has 0 saturated carbocycles. The van der Waals surface area contributed by atoms with Crippen molar-refractivity contribution < 1.29 is 4.79 Å². The standard InChI is InChI=1S/C27H37N3O/c1-6-17-29-19-22(5)30(20-21(29)4)26(23-13-10-9-11-14-23)24-15-12-16-25(18-24)27(31)28(7-2)8-3/h6,9-16,18,21-22,26H,1,7-8,17,19-20H2,2-5H3/t21-,22+,26-/m1/s1. The van der Waals surface area contributed by atoms with E-state index in [9.17, 15) is 4.79 Å². The summed E-state index contributed by atoms with van der Waals surface area (Å²) in [7, 11) is 0. The van der Waals surface area contributed by atoms with Crippen LogP contribution in [0.25, 0.3) is 0 Å². The smallest absolute Gasteiger partial charge is 0.253 e. The molecule has 1 amide bonds. The SMILES string of the molecule is C=CCN1C[C@H](C)N([C@H](c2ccccc2)c2cccc(C(=O)N(CC)CC)c2)C[C@H]1C. The number of benzene rings is 2. The molecule has 1 aliphatic heterocycles. The first-order chi connectivity index (χ1) is 15.0. The monoisotopic (exact) mass is 419 g/mol. The van der Waals surface area contributed by atoms with Crippen LogP contribution in [0, 0.1) is 0 Å². The molecule has 1 fully saturated rings. The number of amides is 1. The number of hydrogen-bond acceptors (Lipinski definition) is 3. The molecule has 0 bridgehead atoms. The van der Waals surface area contributed by atoms with Crippen molar-refractivity contribution in [2.75, 3.05) is 32.7 Å². The van der Waals surface area contributed by atoms with Gasteiger partial charge in [-0.25, -0.2) is 0 Å². The largest absolute Gasteiger partial charge is 0.339 e. The summed E-state index contributed by atoms with van der Waals surface area (Å²) in [6.45, 7) is 16.9. The minimum Gasteiger partial charge on any atom is -0.339 e. The Kier molecular flexibility index (Phi) is 8.05. The second kappa shape index (κ2) is 10.7. The minimum absolute atomic E-state index is 0.107. The van der Waals surface area contributed by atoms with E-state index >= 15 is 0 Å². The van der Waals surface area contributed by atoms with Gasteiger partial charge < -0.3 is 4.90 Å². The zero-order valence-corrected chi connectivity index (χ0v) is 19.5. The van der Waals surface area contributed by atoms with Crippen molar-refractivity contribution in [2.24, 2.45) is 0 Å². The molecule has 0 spiro atoms. The van der Waals surface area contributed by atoms with E-state index in [4.69, 9.17) is 0 Å². The average Bonchev–Trinajstić information content (AvgIpc) is 2.79. The summed E-state index contributed by atoms with van der Waals surface area (Å²) in [5.41, 5.74) is 3.22. The van der Waals surface area contributed by atoms with Gasteiger partial charge in [-0.3, -0.25) is 14.6 Å². The zero-order valence-electron chi connectivity index (χ0n) is 19.5. The van der Waals surface area contributed by atoms with Gasteiger partial charge in [0, 0.05) is 50.4 Å². The van der Waals surface area contributed by atoms with Crippen LogP contribution in [-0.2, 0) is 0 Å². The first-order valence-electron chi connectivity index (χ1n) is 11.5. The summed E-state index contributed by atoms with van der Waals surface area (Å²) in [6.07, 6.45) is 2.00. The van der Waals surface area contributed by atoms with E-state index in [1.54, 1.807) is 0 Å². The normalized spacial score (nSPS) is 20.9.